The Morgan fingerprint density at radius 3 is 1.48 bits per heavy atom. The fourth-order valence-corrected chi connectivity index (χ4v) is 15.5. The number of rotatable bonds is 14. The van der Waals surface area contributed by atoms with Crippen LogP contribution in [-0.4, -0.2) is 105 Å². The van der Waals surface area contributed by atoms with Crippen molar-refractivity contribution in [3.63, 3.8) is 0 Å². The van der Waals surface area contributed by atoms with Gasteiger partial charge < -0.3 is 38.6 Å². The first-order valence-electron chi connectivity index (χ1n) is 30.6. The van der Waals surface area contributed by atoms with E-state index in [1.54, 1.807) is 6.92 Å². The summed E-state index contributed by atoms with van der Waals surface area (Å²) in [6.45, 7) is 24.6. The third-order valence-corrected chi connectivity index (χ3v) is 21.8. The van der Waals surface area contributed by atoms with Crippen LogP contribution in [0.15, 0.2) is 0 Å². The Balaban J connectivity index is 0.000000156. The van der Waals surface area contributed by atoms with E-state index in [2.05, 4.69) is 13.8 Å². The Bertz CT molecular complexity index is 2230. The lowest BCUT2D eigenvalue weighted by molar-refractivity contribution is -0.393. The van der Waals surface area contributed by atoms with Crippen molar-refractivity contribution >= 4 is 29.8 Å². The molecule has 2 N–H and O–H groups in total. The molecule has 81 heavy (non-hydrogen) atoms. The Labute approximate surface area is 476 Å². The lowest BCUT2D eigenvalue weighted by atomic mass is 9.49. The molecule has 0 aromatic carbocycles. The minimum atomic E-state index is -5.92. The molecule has 9 aliphatic carbocycles. The summed E-state index contributed by atoms with van der Waals surface area (Å²) >= 11 is 0. The second-order valence-electron chi connectivity index (χ2n) is 29.1. The first-order chi connectivity index (χ1) is 37.3. The molecule has 12 rings (SSSR count). The molecular formula is C62H96F6O13. The smallest absolute Gasteiger partial charge is 0.426 e. The van der Waals surface area contributed by atoms with Crippen molar-refractivity contribution < 1.29 is 88.9 Å². The Morgan fingerprint density at radius 2 is 1.02 bits per heavy atom. The molecule has 19 heteroatoms. The number of halogens is 6. The SMILES string of the molecule is CCC(C)(C)C(=O)OC1(CC)C2CC3CC(C2)CC1C3.CCC(C)(C)C(=O)OC12CC3CC(CC(O)(C3)C1)C2.CCC(C)(C)C(=O)OC1C2CC3C(=O)OC1C3O2.CCC(C)(C)C(=O)OC1CCCCC1C(O)(C(F)(F)F)C(F)(F)F. The van der Waals surface area contributed by atoms with Crippen molar-refractivity contribution in [2.45, 2.75) is 290 Å². The number of ether oxygens (including phenoxy) is 6. The molecule has 0 aromatic rings. The van der Waals surface area contributed by atoms with Crippen LogP contribution in [-0.2, 0) is 52.4 Å². The topological polar surface area (TPSA) is 181 Å². The van der Waals surface area contributed by atoms with Gasteiger partial charge in [-0.3, -0.25) is 24.0 Å². The van der Waals surface area contributed by atoms with E-state index < -0.39 is 76.4 Å². The zero-order valence-corrected chi connectivity index (χ0v) is 50.5. The summed E-state index contributed by atoms with van der Waals surface area (Å²) in [4.78, 5) is 60.7. The Morgan fingerprint density at radius 1 is 0.580 bits per heavy atom. The van der Waals surface area contributed by atoms with E-state index in [0.717, 1.165) is 56.8 Å². The van der Waals surface area contributed by atoms with E-state index >= 15 is 0 Å². The molecule has 464 valence electrons. The van der Waals surface area contributed by atoms with Gasteiger partial charge in [-0.15, -0.1) is 0 Å². The average Bonchev–Trinajstić information content (AvgIpc) is 4.21. The lowest BCUT2D eigenvalue weighted by Crippen LogP contribution is -2.65. The number of hydrogen-bond donors (Lipinski definition) is 2. The highest BCUT2D eigenvalue weighted by molar-refractivity contribution is 5.79. The summed E-state index contributed by atoms with van der Waals surface area (Å²) in [5.74, 6) is 0.463. The first-order valence-corrected chi connectivity index (χ1v) is 30.6. The first kappa shape index (κ1) is 65.4. The molecule has 9 unspecified atom stereocenters. The molecule has 3 heterocycles. The van der Waals surface area contributed by atoms with Crippen LogP contribution in [0.2, 0.25) is 0 Å². The van der Waals surface area contributed by atoms with Crippen molar-refractivity contribution in [3.05, 3.63) is 0 Å². The number of alkyl halides is 6. The van der Waals surface area contributed by atoms with Gasteiger partial charge in [-0.05, 0) is 213 Å². The number of hydrogen-bond acceptors (Lipinski definition) is 13. The highest BCUT2D eigenvalue weighted by atomic mass is 19.4. The van der Waals surface area contributed by atoms with Crippen molar-refractivity contribution in [1.82, 2.24) is 0 Å². The highest BCUT2D eigenvalue weighted by Gasteiger charge is 2.75. The predicted octanol–water partition coefficient (Wildman–Crippen LogP) is 13.0. The van der Waals surface area contributed by atoms with Crippen molar-refractivity contribution in [2.75, 3.05) is 0 Å². The molecule has 9 atom stereocenters. The fourth-order valence-electron chi connectivity index (χ4n) is 15.5. The average molecular weight is 1160 g/mol. The summed E-state index contributed by atoms with van der Waals surface area (Å²) in [6, 6.07) is 0. The zero-order chi connectivity index (χ0) is 60.5. The summed E-state index contributed by atoms with van der Waals surface area (Å²) < 4.78 is 112. The summed E-state index contributed by atoms with van der Waals surface area (Å²) in [5.41, 5.74) is -8.23. The molecule has 0 amide bonds. The largest absolute Gasteiger partial charge is 0.462 e. The molecule has 10 bridgehead atoms. The number of aliphatic hydroxyl groups is 2. The van der Waals surface area contributed by atoms with Gasteiger partial charge in [0.05, 0.1) is 39.3 Å². The minimum Gasteiger partial charge on any atom is -0.462 e. The standard InChI is InChI=1S/C18H30O2.C16H26O3.C15H22F6O3.C13H18O5/c1-5-17(3,4)16(19)20-18(6-2)14-8-12-7-13(10-14)11-15(18)9-12;1-4-14(2,3)13(17)19-16-8-11-5-12(9-16)7-15(18,6-11)10-16;1-4-12(2,3)11(22)24-10-8-6-5-7-9(10)13(23,14(16,17)18)15(19,20)21;1-4-13(2,3)12(15)18-9-7-5-6-8(16-7)10(9)17-11(6)14/h12-15H,5-11H2,1-4H3;11-12,18H,4-10H2,1-3H3;9-10,23H,4-8H2,1-3H3;6-10H,4-5H2,1-3H3. The van der Waals surface area contributed by atoms with Crippen LogP contribution < -0.4 is 0 Å². The second-order valence-corrected chi connectivity index (χ2v) is 29.1. The Kier molecular flexibility index (Phi) is 18.8. The van der Waals surface area contributed by atoms with E-state index in [0.29, 0.717) is 55.8 Å². The fraction of sp³-hybridized carbons (Fsp3) is 0.919. The maximum absolute atomic E-state index is 13.1. The number of fused-ring (bicyclic) bond motifs is 1. The molecule has 3 aliphatic heterocycles. The van der Waals surface area contributed by atoms with E-state index in [1.165, 1.54) is 52.4 Å². The third kappa shape index (κ3) is 12.9. The van der Waals surface area contributed by atoms with Crippen LogP contribution in [0.1, 0.15) is 225 Å². The van der Waals surface area contributed by atoms with Crippen molar-refractivity contribution in [1.29, 1.82) is 0 Å². The third-order valence-electron chi connectivity index (χ3n) is 21.8. The molecule has 13 nitrogen and oxygen atoms in total. The van der Waals surface area contributed by atoms with Gasteiger partial charge in [0.2, 0.25) is 0 Å². The normalized spacial score (nSPS) is 37.2. The van der Waals surface area contributed by atoms with Gasteiger partial charge in [0, 0.05) is 12.3 Å². The molecule has 12 aliphatic rings. The summed E-state index contributed by atoms with van der Waals surface area (Å²) in [6.07, 6.45) is 1.70. The zero-order valence-electron chi connectivity index (χ0n) is 50.5. The second kappa shape index (κ2) is 23.2. The van der Waals surface area contributed by atoms with E-state index in [9.17, 15) is 60.5 Å². The summed E-state index contributed by atoms with van der Waals surface area (Å²) in [5, 5.41) is 20.3. The summed E-state index contributed by atoms with van der Waals surface area (Å²) in [7, 11) is 0. The number of esters is 5. The molecule has 12 fully saturated rings. The van der Waals surface area contributed by atoms with E-state index in [4.69, 9.17) is 28.4 Å². The monoisotopic (exact) mass is 1160 g/mol. The van der Waals surface area contributed by atoms with Crippen molar-refractivity contribution in [3.8, 4) is 0 Å². The van der Waals surface area contributed by atoms with Gasteiger partial charge in [-0.2, -0.15) is 26.3 Å². The molecule has 0 aromatic heterocycles. The van der Waals surface area contributed by atoms with Crippen LogP contribution in [0.5, 0.6) is 0 Å². The van der Waals surface area contributed by atoms with Crippen LogP contribution in [0.25, 0.3) is 0 Å². The molecule has 0 radical (unpaired) electrons. The molecule has 9 saturated carbocycles. The number of carbonyl (C=O) groups excluding carboxylic acids is 5. The van der Waals surface area contributed by atoms with Gasteiger partial charge >= 0.3 is 42.2 Å². The Hall–Kier alpha value is -3.19. The van der Waals surface area contributed by atoms with Crippen LogP contribution in [0.3, 0.4) is 0 Å². The van der Waals surface area contributed by atoms with Crippen LogP contribution in [0, 0.1) is 69.0 Å². The van der Waals surface area contributed by atoms with E-state index in [-0.39, 0.29) is 71.5 Å². The minimum absolute atomic E-state index is 0.0364. The van der Waals surface area contributed by atoms with Gasteiger partial charge in [0.15, 0.2) is 12.2 Å². The maximum Gasteiger partial charge on any atom is 0.426 e. The van der Waals surface area contributed by atoms with Gasteiger partial charge in [0.1, 0.15) is 23.4 Å². The van der Waals surface area contributed by atoms with Crippen molar-refractivity contribution in [2.24, 2.45) is 69.0 Å². The van der Waals surface area contributed by atoms with Gasteiger partial charge in [-0.1, -0.05) is 41.0 Å². The number of carbonyl (C=O) groups is 5. The quantitative estimate of drug-likeness (QED) is 0.0953. The predicted molar refractivity (Wildman–Crippen MR) is 286 cm³/mol. The van der Waals surface area contributed by atoms with E-state index in [1.807, 2.05) is 55.4 Å². The lowest BCUT2D eigenvalue weighted by Gasteiger charge is -2.60. The van der Waals surface area contributed by atoms with Gasteiger partial charge in [0.25, 0.3) is 5.60 Å². The molecule has 0 spiro atoms. The highest BCUT2D eigenvalue weighted by Crippen LogP contribution is 2.62. The van der Waals surface area contributed by atoms with Crippen LogP contribution in [0.4, 0.5) is 26.3 Å². The molecule has 3 saturated heterocycles. The van der Waals surface area contributed by atoms with Crippen LogP contribution >= 0.6 is 0 Å². The molecular weight excluding hydrogens is 1070 g/mol. The van der Waals surface area contributed by atoms with Gasteiger partial charge in [-0.25, -0.2) is 0 Å². The maximum atomic E-state index is 13.1.